The molecule has 10 heteroatoms. The maximum absolute atomic E-state index is 6.10. The van der Waals surface area contributed by atoms with Crippen molar-refractivity contribution < 1.29 is 9.47 Å². The van der Waals surface area contributed by atoms with Gasteiger partial charge in [0, 0.05) is 25.0 Å². The van der Waals surface area contributed by atoms with Crippen LogP contribution in [-0.4, -0.2) is 51.5 Å². The van der Waals surface area contributed by atoms with Gasteiger partial charge in [0.15, 0.2) is 5.75 Å². The van der Waals surface area contributed by atoms with E-state index in [4.69, 9.17) is 32.7 Å². The molecule has 0 aliphatic heterocycles. The van der Waals surface area contributed by atoms with E-state index in [1.165, 1.54) is 12.4 Å². The van der Waals surface area contributed by atoms with Crippen LogP contribution in [0.5, 0.6) is 11.6 Å². The summed E-state index contributed by atoms with van der Waals surface area (Å²) in [4.78, 5) is 10.2. The molecule has 3 aromatic rings. The Hall–Kier alpha value is -2.58. The maximum Gasteiger partial charge on any atom is 0.232 e. The van der Waals surface area contributed by atoms with Crippen LogP contribution in [0.25, 0.3) is 5.69 Å². The van der Waals surface area contributed by atoms with Crippen LogP contribution in [0.3, 0.4) is 0 Å². The number of anilines is 1. The SMILES string of the molecule is CCN(CCOc1c(Cl)cncc1Cl)c1nnc(C)n1-c1ccc(OC)nc1. The highest BCUT2D eigenvalue weighted by atomic mass is 35.5. The van der Waals surface area contributed by atoms with E-state index in [0.29, 0.717) is 47.3 Å². The second-order valence-electron chi connectivity index (χ2n) is 5.80. The van der Waals surface area contributed by atoms with Gasteiger partial charge in [-0.3, -0.25) is 9.55 Å². The fraction of sp³-hybridized carbons (Fsp3) is 0.333. The molecule has 0 spiro atoms. The molecular formula is C18H20Cl2N6O2. The van der Waals surface area contributed by atoms with Crippen molar-refractivity contribution in [2.75, 3.05) is 31.7 Å². The Labute approximate surface area is 173 Å². The maximum atomic E-state index is 6.10. The molecular weight excluding hydrogens is 403 g/mol. The molecule has 0 aliphatic rings. The Morgan fingerprint density at radius 1 is 1.11 bits per heavy atom. The number of hydrogen-bond donors (Lipinski definition) is 0. The number of aryl methyl sites for hydroxylation is 1. The summed E-state index contributed by atoms with van der Waals surface area (Å²) in [6.45, 7) is 5.56. The largest absolute Gasteiger partial charge is 0.488 e. The molecule has 0 amide bonds. The number of methoxy groups -OCH3 is 1. The number of rotatable bonds is 8. The van der Waals surface area contributed by atoms with Gasteiger partial charge in [0.05, 0.1) is 25.5 Å². The summed E-state index contributed by atoms with van der Waals surface area (Å²) < 4.78 is 12.8. The minimum Gasteiger partial charge on any atom is -0.488 e. The lowest BCUT2D eigenvalue weighted by Gasteiger charge is -2.23. The van der Waals surface area contributed by atoms with Gasteiger partial charge >= 0.3 is 0 Å². The molecule has 148 valence electrons. The molecule has 0 saturated heterocycles. The Morgan fingerprint density at radius 3 is 2.46 bits per heavy atom. The average molecular weight is 423 g/mol. The minimum absolute atomic E-state index is 0.365. The lowest BCUT2D eigenvalue weighted by atomic mass is 10.4. The van der Waals surface area contributed by atoms with Crippen molar-refractivity contribution >= 4 is 29.2 Å². The van der Waals surface area contributed by atoms with Crippen molar-refractivity contribution in [3.8, 4) is 17.3 Å². The number of nitrogens with zero attached hydrogens (tertiary/aromatic N) is 6. The van der Waals surface area contributed by atoms with Gasteiger partial charge in [-0.15, -0.1) is 10.2 Å². The summed E-state index contributed by atoms with van der Waals surface area (Å²) in [6.07, 6.45) is 4.72. The molecule has 0 bridgehead atoms. The third-order valence-corrected chi connectivity index (χ3v) is 4.62. The molecule has 3 heterocycles. The van der Waals surface area contributed by atoms with Gasteiger partial charge in [0.2, 0.25) is 11.8 Å². The van der Waals surface area contributed by atoms with E-state index in [2.05, 4.69) is 20.2 Å². The van der Waals surface area contributed by atoms with Gasteiger partial charge in [-0.05, 0) is 19.9 Å². The van der Waals surface area contributed by atoms with Crippen LogP contribution >= 0.6 is 23.2 Å². The highest BCUT2D eigenvalue weighted by Crippen LogP contribution is 2.31. The van der Waals surface area contributed by atoms with Crippen molar-refractivity contribution in [2.24, 2.45) is 0 Å². The first-order valence-electron chi connectivity index (χ1n) is 8.64. The van der Waals surface area contributed by atoms with Gasteiger partial charge in [-0.2, -0.15) is 0 Å². The fourth-order valence-corrected chi connectivity index (χ4v) is 3.15. The van der Waals surface area contributed by atoms with E-state index in [9.17, 15) is 0 Å². The Balaban J connectivity index is 1.77. The van der Waals surface area contributed by atoms with Crippen molar-refractivity contribution in [2.45, 2.75) is 13.8 Å². The lowest BCUT2D eigenvalue weighted by Crippen LogP contribution is -2.30. The third-order valence-electron chi connectivity index (χ3n) is 4.08. The van der Waals surface area contributed by atoms with E-state index < -0.39 is 0 Å². The van der Waals surface area contributed by atoms with Crippen LogP contribution < -0.4 is 14.4 Å². The van der Waals surface area contributed by atoms with Crippen molar-refractivity contribution in [3.63, 3.8) is 0 Å². The van der Waals surface area contributed by atoms with E-state index in [-0.39, 0.29) is 0 Å². The normalized spacial score (nSPS) is 10.8. The van der Waals surface area contributed by atoms with E-state index in [0.717, 1.165) is 11.5 Å². The zero-order chi connectivity index (χ0) is 20.1. The van der Waals surface area contributed by atoms with Gasteiger partial charge < -0.3 is 14.4 Å². The predicted molar refractivity (Wildman–Crippen MR) is 108 cm³/mol. The molecule has 0 saturated carbocycles. The molecule has 3 aromatic heterocycles. The van der Waals surface area contributed by atoms with Gasteiger partial charge in [-0.25, -0.2) is 4.98 Å². The first-order chi connectivity index (χ1) is 13.5. The molecule has 0 aromatic carbocycles. The molecule has 0 atom stereocenters. The van der Waals surface area contributed by atoms with Crippen molar-refractivity contribution in [1.82, 2.24) is 24.7 Å². The molecule has 8 nitrogen and oxygen atoms in total. The van der Waals surface area contributed by atoms with E-state index in [1.54, 1.807) is 19.4 Å². The number of halogens is 2. The van der Waals surface area contributed by atoms with Crippen LogP contribution in [0.2, 0.25) is 10.0 Å². The summed E-state index contributed by atoms with van der Waals surface area (Å²) in [6, 6.07) is 3.71. The highest BCUT2D eigenvalue weighted by molar-refractivity contribution is 6.36. The van der Waals surface area contributed by atoms with Crippen LogP contribution in [0.15, 0.2) is 30.7 Å². The van der Waals surface area contributed by atoms with Gasteiger partial charge in [-0.1, -0.05) is 23.2 Å². The second kappa shape index (κ2) is 9.07. The summed E-state index contributed by atoms with van der Waals surface area (Å²) >= 11 is 12.2. The standard InChI is InChI=1S/C18H20Cl2N6O2/c1-4-25(7-8-28-17-14(19)10-21-11-15(17)20)18-24-23-12(2)26(18)13-5-6-16(27-3)22-9-13/h5-6,9-11H,4,7-8H2,1-3H3. The Morgan fingerprint density at radius 2 is 1.86 bits per heavy atom. The quantitative estimate of drug-likeness (QED) is 0.548. The molecule has 0 radical (unpaired) electrons. The minimum atomic E-state index is 0.365. The molecule has 3 rings (SSSR count). The molecule has 0 N–H and O–H groups in total. The average Bonchev–Trinajstić information content (AvgIpc) is 3.08. The summed E-state index contributed by atoms with van der Waals surface area (Å²) in [5, 5.41) is 9.30. The predicted octanol–water partition coefficient (Wildman–Crippen LogP) is 3.59. The molecule has 0 unspecified atom stereocenters. The number of aromatic nitrogens is 5. The number of hydrogen-bond acceptors (Lipinski definition) is 7. The number of ether oxygens (including phenoxy) is 2. The first-order valence-corrected chi connectivity index (χ1v) is 9.40. The third kappa shape index (κ3) is 4.28. The molecule has 28 heavy (non-hydrogen) atoms. The Bertz CT molecular complexity index is 912. The highest BCUT2D eigenvalue weighted by Gasteiger charge is 2.17. The monoisotopic (exact) mass is 422 g/mol. The number of pyridine rings is 2. The smallest absolute Gasteiger partial charge is 0.232 e. The molecule has 0 fully saturated rings. The zero-order valence-corrected chi connectivity index (χ0v) is 17.3. The van der Waals surface area contributed by atoms with Crippen molar-refractivity contribution in [1.29, 1.82) is 0 Å². The second-order valence-corrected chi connectivity index (χ2v) is 6.62. The lowest BCUT2D eigenvalue weighted by molar-refractivity contribution is 0.323. The van der Waals surface area contributed by atoms with Gasteiger partial charge in [0.1, 0.15) is 22.5 Å². The van der Waals surface area contributed by atoms with Crippen LogP contribution in [0.4, 0.5) is 5.95 Å². The van der Waals surface area contributed by atoms with Crippen molar-refractivity contribution in [3.05, 3.63) is 46.6 Å². The molecule has 0 aliphatic carbocycles. The summed E-state index contributed by atoms with van der Waals surface area (Å²) in [5.74, 6) is 2.42. The van der Waals surface area contributed by atoms with E-state index in [1.807, 2.05) is 29.4 Å². The van der Waals surface area contributed by atoms with Gasteiger partial charge in [0.25, 0.3) is 0 Å². The van der Waals surface area contributed by atoms with Crippen LogP contribution in [0.1, 0.15) is 12.7 Å². The zero-order valence-electron chi connectivity index (χ0n) is 15.8. The van der Waals surface area contributed by atoms with Crippen LogP contribution in [-0.2, 0) is 0 Å². The Kier molecular flexibility index (Phi) is 6.53. The summed E-state index contributed by atoms with van der Waals surface area (Å²) in [5.41, 5.74) is 0.845. The topological polar surface area (TPSA) is 78.2 Å². The first kappa shape index (κ1) is 20.2. The van der Waals surface area contributed by atoms with Crippen LogP contribution in [0, 0.1) is 6.92 Å². The van der Waals surface area contributed by atoms with E-state index >= 15 is 0 Å². The fourth-order valence-electron chi connectivity index (χ4n) is 2.68. The number of likely N-dealkylation sites (N-methyl/N-ethyl adjacent to an activating group) is 1. The summed E-state index contributed by atoms with van der Waals surface area (Å²) in [7, 11) is 1.58.